The Morgan fingerprint density at radius 1 is 1.36 bits per heavy atom. The predicted octanol–water partition coefficient (Wildman–Crippen LogP) is 3.00. The van der Waals surface area contributed by atoms with Crippen molar-refractivity contribution in [3.05, 3.63) is 46.7 Å². The van der Waals surface area contributed by atoms with E-state index in [-0.39, 0.29) is 12.3 Å². The van der Waals surface area contributed by atoms with Crippen LogP contribution in [0.2, 0.25) is 5.02 Å². The SMILES string of the molecule is Cc1ccncc1NC(=O)Cc1cc(Cl)c2c(c1)OCCO2. The molecular formula is C16H15ClN2O3. The molecule has 1 N–H and O–H groups in total. The van der Waals surface area contributed by atoms with Crippen LogP contribution in [-0.4, -0.2) is 24.1 Å². The molecule has 0 saturated carbocycles. The molecule has 3 rings (SSSR count). The van der Waals surface area contributed by atoms with Gasteiger partial charge in [0.2, 0.25) is 5.91 Å². The minimum Gasteiger partial charge on any atom is -0.486 e. The Bertz CT molecular complexity index is 719. The Hall–Kier alpha value is -2.27. The highest BCUT2D eigenvalue weighted by Gasteiger charge is 2.17. The van der Waals surface area contributed by atoms with Crippen LogP contribution in [0.3, 0.4) is 0 Å². The maximum absolute atomic E-state index is 12.2. The first-order valence-corrected chi connectivity index (χ1v) is 7.30. The minimum atomic E-state index is -0.135. The maximum atomic E-state index is 12.2. The Kier molecular flexibility index (Phi) is 4.15. The van der Waals surface area contributed by atoms with Gasteiger partial charge in [-0.15, -0.1) is 0 Å². The summed E-state index contributed by atoms with van der Waals surface area (Å²) in [6, 6.07) is 5.36. The number of benzene rings is 1. The summed E-state index contributed by atoms with van der Waals surface area (Å²) in [7, 11) is 0. The van der Waals surface area contributed by atoms with Crippen molar-refractivity contribution in [1.82, 2.24) is 4.98 Å². The van der Waals surface area contributed by atoms with Gasteiger partial charge in [-0.25, -0.2) is 0 Å². The van der Waals surface area contributed by atoms with Crippen molar-refractivity contribution in [2.75, 3.05) is 18.5 Å². The molecule has 0 saturated heterocycles. The van der Waals surface area contributed by atoms with E-state index < -0.39 is 0 Å². The molecule has 5 nitrogen and oxygen atoms in total. The summed E-state index contributed by atoms with van der Waals surface area (Å²) in [5, 5.41) is 3.30. The van der Waals surface area contributed by atoms with Gasteiger partial charge in [0, 0.05) is 6.20 Å². The van der Waals surface area contributed by atoms with Crippen molar-refractivity contribution in [3.63, 3.8) is 0 Å². The second-order valence-electron chi connectivity index (χ2n) is 5.02. The van der Waals surface area contributed by atoms with E-state index in [1.807, 2.05) is 13.0 Å². The van der Waals surface area contributed by atoms with Crippen LogP contribution in [0, 0.1) is 6.92 Å². The molecule has 6 heteroatoms. The second-order valence-corrected chi connectivity index (χ2v) is 5.42. The van der Waals surface area contributed by atoms with Crippen molar-refractivity contribution < 1.29 is 14.3 Å². The number of halogens is 1. The van der Waals surface area contributed by atoms with Crippen LogP contribution in [0.15, 0.2) is 30.6 Å². The standard InChI is InChI=1S/C16H15ClN2O3/c1-10-2-3-18-9-13(10)19-15(20)8-11-6-12(17)16-14(7-11)21-4-5-22-16/h2-3,6-7,9H,4-5,8H2,1H3,(H,19,20). The molecule has 0 radical (unpaired) electrons. The fraction of sp³-hybridized carbons (Fsp3) is 0.250. The molecule has 0 bridgehead atoms. The lowest BCUT2D eigenvalue weighted by Crippen LogP contribution is -2.18. The number of ether oxygens (including phenoxy) is 2. The molecule has 1 aromatic heterocycles. The van der Waals surface area contributed by atoms with Crippen molar-refractivity contribution >= 4 is 23.2 Å². The van der Waals surface area contributed by atoms with Crippen molar-refractivity contribution in [3.8, 4) is 11.5 Å². The van der Waals surface area contributed by atoms with Crippen LogP contribution in [0.25, 0.3) is 0 Å². The highest BCUT2D eigenvalue weighted by Crippen LogP contribution is 2.38. The zero-order valence-electron chi connectivity index (χ0n) is 12.1. The molecule has 1 aliphatic rings. The maximum Gasteiger partial charge on any atom is 0.228 e. The largest absolute Gasteiger partial charge is 0.486 e. The molecule has 1 aromatic carbocycles. The highest BCUT2D eigenvalue weighted by molar-refractivity contribution is 6.32. The van der Waals surface area contributed by atoms with Gasteiger partial charge >= 0.3 is 0 Å². The number of carbonyl (C=O) groups is 1. The molecule has 2 heterocycles. The van der Waals surface area contributed by atoms with Crippen molar-refractivity contribution in [2.45, 2.75) is 13.3 Å². The molecule has 0 aliphatic carbocycles. The third-order valence-corrected chi connectivity index (χ3v) is 3.62. The molecule has 114 valence electrons. The first-order chi connectivity index (χ1) is 10.6. The number of anilines is 1. The van der Waals surface area contributed by atoms with Gasteiger partial charge in [-0.3, -0.25) is 9.78 Å². The number of nitrogens with zero attached hydrogens (tertiary/aromatic N) is 1. The summed E-state index contributed by atoms with van der Waals surface area (Å²) in [6.07, 6.45) is 3.51. The lowest BCUT2D eigenvalue weighted by atomic mass is 10.1. The fourth-order valence-electron chi connectivity index (χ4n) is 2.24. The number of pyridine rings is 1. The van der Waals surface area contributed by atoms with Crippen LogP contribution < -0.4 is 14.8 Å². The molecule has 22 heavy (non-hydrogen) atoms. The lowest BCUT2D eigenvalue weighted by Gasteiger charge is -2.20. The number of amides is 1. The third kappa shape index (κ3) is 3.14. The Balaban J connectivity index is 1.74. The highest BCUT2D eigenvalue weighted by atomic mass is 35.5. The van der Waals surface area contributed by atoms with Gasteiger partial charge < -0.3 is 14.8 Å². The average molecular weight is 319 g/mol. The molecule has 1 amide bonds. The topological polar surface area (TPSA) is 60.5 Å². The van der Waals surface area contributed by atoms with E-state index in [0.29, 0.717) is 35.4 Å². The van der Waals surface area contributed by atoms with Gasteiger partial charge in [0.05, 0.1) is 23.3 Å². The van der Waals surface area contributed by atoms with Gasteiger partial charge in [0.15, 0.2) is 11.5 Å². The first-order valence-electron chi connectivity index (χ1n) is 6.92. The summed E-state index contributed by atoms with van der Waals surface area (Å²) in [5.74, 6) is 0.989. The number of rotatable bonds is 3. The number of hydrogen-bond acceptors (Lipinski definition) is 4. The summed E-state index contributed by atoms with van der Waals surface area (Å²) >= 11 is 6.17. The van der Waals surface area contributed by atoms with E-state index in [9.17, 15) is 4.79 Å². The zero-order valence-corrected chi connectivity index (χ0v) is 12.8. The quantitative estimate of drug-likeness (QED) is 0.945. The average Bonchev–Trinajstić information content (AvgIpc) is 2.49. The van der Waals surface area contributed by atoms with Gasteiger partial charge in [-0.05, 0) is 36.2 Å². The van der Waals surface area contributed by atoms with E-state index in [2.05, 4.69) is 10.3 Å². The molecule has 0 unspecified atom stereocenters. The Labute approximate surface area is 133 Å². The number of nitrogens with one attached hydrogen (secondary N) is 1. The molecular weight excluding hydrogens is 304 g/mol. The van der Waals surface area contributed by atoms with Crippen LogP contribution >= 0.6 is 11.6 Å². The van der Waals surface area contributed by atoms with E-state index in [0.717, 1.165) is 11.1 Å². The molecule has 0 fully saturated rings. The lowest BCUT2D eigenvalue weighted by molar-refractivity contribution is -0.115. The van der Waals surface area contributed by atoms with Crippen LogP contribution in [0.1, 0.15) is 11.1 Å². The molecule has 0 spiro atoms. The molecule has 1 aliphatic heterocycles. The van der Waals surface area contributed by atoms with E-state index >= 15 is 0 Å². The summed E-state index contributed by atoms with van der Waals surface area (Å²) in [6.45, 7) is 2.87. The third-order valence-electron chi connectivity index (χ3n) is 3.33. The van der Waals surface area contributed by atoms with E-state index in [1.165, 1.54) is 0 Å². The van der Waals surface area contributed by atoms with Crippen molar-refractivity contribution in [1.29, 1.82) is 0 Å². The predicted molar refractivity (Wildman–Crippen MR) is 83.7 cm³/mol. The zero-order chi connectivity index (χ0) is 15.5. The number of aromatic nitrogens is 1. The minimum absolute atomic E-state index is 0.135. The summed E-state index contributed by atoms with van der Waals surface area (Å²) < 4.78 is 11.0. The molecule has 2 aromatic rings. The number of hydrogen-bond donors (Lipinski definition) is 1. The van der Waals surface area contributed by atoms with Crippen molar-refractivity contribution in [2.24, 2.45) is 0 Å². The summed E-state index contributed by atoms with van der Waals surface area (Å²) in [4.78, 5) is 16.2. The normalized spacial score (nSPS) is 12.8. The van der Waals surface area contributed by atoms with Crippen LogP contribution in [0.4, 0.5) is 5.69 Å². The van der Waals surface area contributed by atoms with Crippen LogP contribution in [0.5, 0.6) is 11.5 Å². The molecule has 0 atom stereocenters. The Morgan fingerprint density at radius 3 is 3.00 bits per heavy atom. The summed E-state index contributed by atoms with van der Waals surface area (Å²) in [5.41, 5.74) is 2.44. The fourth-order valence-corrected chi connectivity index (χ4v) is 2.53. The van der Waals surface area contributed by atoms with E-state index in [4.69, 9.17) is 21.1 Å². The number of carbonyl (C=O) groups excluding carboxylic acids is 1. The first kappa shape index (κ1) is 14.7. The number of fused-ring (bicyclic) bond motifs is 1. The monoisotopic (exact) mass is 318 g/mol. The number of aryl methyl sites for hydroxylation is 1. The smallest absolute Gasteiger partial charge is 0.228 e. The Morgan fingerprint density at radius 2 is 2.18 bits per heavy atom. The van der Waals surface area contributed by atoms with E-state index in [1.54, 1.807) is 24.5 Å². The van der Waals surface area contributed by atoms with Gasteiger partial charge in [0.1, 0.15) is 13.2 Å². The van der Waals surface area contributed by atoms with Crippen LogP contribution in [-0.2, 0) is 11.2 Å². The second kappa shape index (κ2) is 6.23. The van der Waals surface area contributed by atoms with Gasteiger partial charge in [-0.2, -0.15) is 0 Å². The van der Waals surface area contributed by atoms with Gasteiger partial charge in [-0.1, -0.05) is 11.6 Å². The van der Waals surface area contributed by atoms with Gasteiger partial charge in [0.25, 0.3) is 0 Å².